The van der Waals surface area contributed by atoms with Crippen LogP contribution in [0.5, 0.6) is 0 Å². The van der Waals surface area contributed by atoms with Crippen LogP contribution in [0.3, 0.4) is 0 Å². The Balaban J connectivity index is 1.73. The predicted octanol–water partition coefficient (Wildman–Crippen LogP) is 4.09. The lowest BCUT2D eigenvalue weighted by atomic mass is 10.1. The van der Waals surface area contributed by atoms with Crippen molar-refractivity contribution in [3.05, 3.63) is 90.6 Å². The molecule has 28 heavy (non-hydrogen) atoms. The van der Waals surface area contributed by atoms with Crippen LogP contribution in [0.4, 0.5) is 10.2 Å². The van der Waals surface area contributed by atoms with Gasteiger partial charge in [0.1, 0.15) is 11.6 Å². The third-order valence-electron chi connectivity index (χ3n) is 4.02. The van der Waals surface area contributed by atoms with E-state index in [2.05, 4.69) is 10.4 Å². The van der Waals surface area contributed by atoms with Gasteiger partial charge in [-0.05, 0) is 30.3 Å². The second-order valence-corrected chi connectivity index (χ2v) is 5.93. The SMILES string of the molecule is O=C(Nc1cc(-c2ccccc2)nn1-c1cccc(F)c1)C(=O)c1ccco1. The van der Waals surface area contributed by atoms with E-state index in [0.717, 1.165) is 5.56 Å². The fraction of sp³-hybridized carbons (Fsp3) is 0. The van der Waals surface area contributed by atoms with E-state index in [4.69, 9.17) is 4.42 Å². The molecule has 2 heterocycles. The Morgan fingerprint density at radius 2 is 1.79 bits per heavy atom. The molecule has 0 spiro atoms. The zero-order valence-electron chi connectivity index (χ0n) is 14.5. The summed E-state index contributed by atoms with van der Waals surface area (Å²) in [7, 11) is 0. The van der Waals surface area contributed by atoms with E-state index >= 15 is 0 Å². The Bertz CT molecular complexity index is 1130. The van der Waals surface area contributed by atoms with Crippen molar-refractivity contribution < 1.29 is 18.4 Å². The summed E-state index contributed by atoms with van der Waals surface area (Å²) >= 11 is 0. The van der Waals surface area contributed by atoms with Crippen molar-refractivity contribution in [3.63, 3.8) is 0 Å². The maximum atomic E-state index is 13.7. The molecule has 0 bridgehead atoms. The molecule has 0 aliphatic rings. The van der Waals surface area contributed by atoms with E-state index < -0.39 is 17.5 Å². The molecule has 2 aromatic heterocycles. The third kappa shape index (κ3) is 3.45. The lowest BCUT2D eigenvalue weighted by molar-refractivity contribution is -0.112. The predicted molar refractivity (Wildman–Crippen MR) is 101 cm³/mol. The first kappa shape index (κ1) is 17.4. The van der Waals surface area contributed by atoms with Crippen LogP contribution in [0.25, 0.3) is 16.9 Å². The fourth-order valence-electron chi connectivity index (χ4n) is 2.72. The molecule has 0 atom stereocenters. The fourth-order valence-corrected chi connectivity index (χ4v) is 2.72. The third-order valence-corrected chi connectivity index (χ3v) is 4.02. The quantitative estimate of drug-likeness (QED) is 0.421. The molecule has 6 nitrogen and oxygen atoms in total. The molecule has 4 aromatic rings. The van der Waals surface area contributed by atoms with Crippen molar-refractivity contribution in [2.24, 2.45) is 0 Å². The summed E-state index contributed by atoms with van der Waals surface area (Å²) in [5.41, 5.74) is 1.78. The number of ketones is 1. The van der Waals surface area contributed by atoms with E-state index in [9.17, 15) is 14.0 Å². The zero-order valence-corrected chi connectivity index (χ0v) is 14.5. The average molecular weight is 375 g/mol. The molecule has 2 aromatic carbocycles. The van der Waals surface area contributed by atoms with E-state index in [1.54, 1.807) is 12.1 Å². The van der Waals surface area contributed by atoms with E-state index in [0.29, 0.717) is 11.4 Å². The van der Waals surface area contributed by atoms with Crippen LogP contribution in [0.15, 0.2) is 83.5 Å². The Labute approximate surface area is 159 Å². The monoisotopic (exact) mass is 375 g/mol. The number of hydrogen-bond acceptors (Lipinski definition) is 4. The number of aromatic nitrogens is 2. The lowest BCUT2D eigenvalue weighted by Gasteiger charge is -2.08. The van der Waals surface area contributed by atoms with Crippen LogP contribution < -0.4 is 5.32 Å². The molecule has 0 saturated carbocycles. The van der Waals surface area contributed by atoms with Gasteiger partial charge in [0.2, 0.25) is 0 Å². The minimum atomic E-state index is -0.882. The van der Waals surface area contributed by atoms with Gasteiger partial charge in [-0.2, -0.15) is 5.10 Å². The van der Waals surface area contributed by atoms with Gasteiger partial charge in [-0.15, -0.1) is 0 Å². The van der Waals surface area contributed by atoms with Crippen LogP contribution in [0, 0.1) is 5.82 Å². The molecular weight excluding hydrogens is 361 g/mol. The van der Waals surface area contributed by atoms with Gasteiger partial charge in [-0.1, -0.05) is 36.4 Å². The second-order valence-electron chi connectivity index (χ2n) is 5.93. The largest absolute Gasteiger partial charge is 0.461 e. The van der Waals surface area contributed by atoms with E-state index in [1.807, 2.05) is 30.3 Å². The number of benzene rings is 2. The minimum absolute atomic E-state index is 0.0717. The molecule has 138 valence electrons. The molecule has 1 amide bonds. The number of Topliss-reactive ketones (excluding diaryl/α,β-unsaturated/α-hetero) is 1. The van der Waals surface area contributed by atoms with Gasteiger partial charge in [0.25, 0.3) is 5.78 Å². The summed E-state index contributed by atoms with van der Waals surface area (Å²) in [5, 5.41) is 7.00. The zero-order chi connectivity index (χ0) is 19.5. The van der Waals surface area contributed by atoms with E-state index in [-0.39, 0.29) is 11.6 Å². The van der Waals surface area contributed by atoms with Gasteiger partial charge >= 0.3 is 5.91 Å². The Morgan fingerprint density at radius 1 is 0.964 bits per heavy atom. The van der Waals surface area contributed by atoms with E-state index in [1.165, 1.54) is 41.3 Å². The molecule has 0 unspecified atom stereocenters. The highest BCUT2D eigenvalue weighted by atomic mass is 19.1. The molecule has 4 rings (SSSR count). The summed E-state index contributed by atoms with van der Waals surface area (Å²) in [6.45, 7) is 0. The highest BCUT2D eigenvalue weighted by Crippen LogP contribution is 2.25. The number of amides is 1. The highest BCUT2D eigenvalue weighted by molar-refractivity contribution is 6.45. The number of carbonyl (C=O) groups is 2. The van der Waals surface area contributed by atoms with Crippen LogP contribution in [0.1, 0.15) is 10.6 Å². The van der Waals surface area contributed by atoms with Gasteiger partial charge < -0.3 is 9.73 Å². The van der Waals surface area contributed by atoms with Gasteiger partial charge in [0.15, 0.2) is 5.76 Å². The molecule has 0 aliphatic heterocycles. The molecule has 7 heteroatoms. The maximum absolute atomic E-state index is 13.7. The number of carbonyl (C=O) groups excluding carboxylic acids is 2. The first-order valence-corrected chi connectivity index (χ1v) is 8.42. The Morgan fingerprint density at radius 3 is 2.50 bits per heavy atom. The van der Waals surface area contributed by atoms with Crippen LogP contribution in [-0.4, -0.2) is 21.5 Å². The van der Waals surface area contributed by atoms with Crippen molar-refractivity contribution in [1.29, 1.82) is 0 Å². The second kappa shape index (κ2) is 7.32. The van der Waals surface area contributed by atoms with Crippen molar-refractivity contribution in [2.75, 3.05) is 5.32 Å². The van der Waals surface area contributed by atoms with Crippen molar-refractivity contribution in [2.45, 2.75) is 0 Å². The Kier molecular flexibility index (Phi) is 4.55. The summed E-state index contributed by atoms with van der Waals surface area (Å²) in [5.74, 6) is -1.99. The number of hydrogen-bond donors (Lipinski definition) is 1. The normalized spacial score (nSPS) is 10.6. The summed E-state index contributed by atoms with van der Waals surface area (Å²) in [4.78, 5) is 24.6. The van der Waals surface area contributed by atoms with Crippen molar-refractivity contribution in [3.8, 4) is 16.9 Å². The van der Waals surface area contributed by atoms with Crippen LogP contribution in [-0.2, 0) is 4.79 Å². The summed E-state index contributed by atoms with van der Waals surface area (Å²) in [6.07, 6.45) is 1.31. The number of nitrogens with one attached hydrogen (secondary N) is 1. The highest BCUT2D eigenvalue weighted by Gasteiger charge is 2.22. The summed E-state index contributed by atoms with van der Waals surface area (Å²) < 4.78 is 20.0. The topological polar surface area (TPSA) is 77.1 Å². The number of nitrogens with zero attached hydrogens (tertiary/aromatic N) is 2. The first-order chi connectivity index (χ1) is 13.6. The van der Waals surface area contributed by atoms with Crippen LogP contribution in [0.2, 0.25) is 0 Å². The molecule has 1 N–H and O–H groups in total. The molecule has 0 fully saturated rings. The lowest BCUT2D eigenvalue weighted by Crippen LogP contribution is -2.24. The van der Waals surface area contributed by atoms with Crippen molar-refractivity contribution >= 4 is 17.5 Å². The smallest absolute Gasteiger partial charge is 0.301 e. The molecule has 0 radical (unpaired) electrons. The number of furan rings is 1. The summed E-state index contributed by atoms with van der Waals surface area (Å²) in [6, 6.07) is 19.6. The minimum Gasteiger partial charge on any atom is -0.461 e. The van der Waals surface area contributed by atoms with Crippen LogP contribution >= 0.6 is 0 Å². The molecular formula is C21H14FN3O3. The number of anilines is 1. The van der Waals surface area contributed by atoms with Gasteiger partial charge in [-0.25, -0.2) is 9.07 Å². The molecule has 0 saturated heterocycles. The first-order valence-electron chi connectivity index (χ1n) is 8.42. The average Bonchev–Trinajstić information content (AvgIpc) is 3.38. The Hall–Kier alpha value is -4.00. The van der Waals surface area contributed by atoms with Gasteiger partial charge in [-0.3, -0.25) is 9.59 Å². The number of rotatable bonds is 5. The number of halogens is 1. The van der Waals surface area contributed by atoms with Gasteiger partial charge in [0.05, 0.1) is 17.6 Å². The van der Waals surface area contributed by atoms with Crippen molar-refractivity contribution in [1.82, 2.24) is 9.78 Å². The molecule has 0 aliphatic carbocycles. The maximum Gasteiger partial charge on any atom is 0.301 e. The van der Waals surface area contributed by atoms with Gasteiger partial charge in [0, 0.05) is 11.6 Å². The standard InChI is InChI=1S/C21H14FN3O3/c22-15-8-4-9-16(12-15)25-19(13-17(24-25)14-6-2-1-3-7-14)23-21(27)20(26)18-10-5-11-28-18/h1-13H,(H,23,27).